The molecule has 0 unspecified atom stereocenters. The van der Waals surface area contributed by atoms with Gasteiger partial charge in [0, 0.05) is 19.6 Å². The van der Waals surface area contributed by atoms with Crippen molar-refractivity contribution < 1.29 is 0 Å². The number of nitrogens with two attached hydrogens (primary N) is 1. The summed E-state index contributed by atoms with van der Waals surface area (Å²) in [6.07, 6.45) is 0. The summed E-state index contributed by atoms with van der Waals surface area (Å²) in [5.41, 5.74) is 9.69. The van der Waals surface area contributed by atoms with E-state index in [4.69, 9.17) is 5.73 Å². The number of aryl methyl sites for hydroxylation is 2. The van der Waals surface area contributed by atoms with Crippen molar-refractivity contribution in [2.45, 2.75) is 27.3 Å². The average Bonchev–Trinajstić information content (AvgIpc) is 2.23. The lowest BCUT2D eigenvalue weighted by Crippen LogP contribution is -2.28. The zero-order valence-corrected chi connectivity index (χ0v) is 10.1. The lowest BCUT2D eigenvalue weighted by atomic mass is 10.1. The first-order valence-corrected chi connectivity index (χ1v) is 5.66. The van der Waals surface area contributed by atoms with E-state index in [1.165, 1.54) is 16.7 Å². The molecule has 0 heterocycles. The second kappa shape index (κ2) is 5.89. The molecule has 0 aromatic heterocycles. The maximum absolute atomic E-state index is 5.57. The van der Waals surface area contributed by atoms with Gasteiger partial charge in [-0.1, -0.05) is 25.1 Å². The summed E-state index contributed by atoms with van der Waals surface area (Å²) in [5.74, 6) is 0. The molecule has 0 radical (unpaired) electrons. The van der Waals surface area contributed by atoms with E-state index in [-0.39, 0.29) is 0 Å². The molecule has 2 nitrogen and oxygen atoms in total. The molecule has 0 amide bonds. The number of nitrogens with zero attached hydrogens (tertiary/aromatic N) is 1. The molecule has 0 aliphatic heterocycles. The van der Waals surface area contributed by atoms with Crippen molar-refractivity contribution in [3.63, 3.8) is 0 Å². The van der Waals surface area contributed by atoms with Crippen molar-refractivity contribution in [2.24, 2.45) is 5.73 Å². The van der Waals surface area contributed by atoms with Crippen molar-refractivity contribution in [1.82, 2.24) is 4.90 Å². The average molecular weight is 206 g/mol. The van der Waals surface area contributed by atoms with Gasteiger partial charge in [-0.3, -0.25) is 4.90 Å². The van der Waals surface area contributed by atoms with Gasteiger partial charge >= 0.3 is 0 Å². The van der Waals surface area contributed by atoms with Crippen LogP contribution in [0.2, 0.25) is 0 Å². The van der Waals surface area contributed by atoms with Gasteiger partial charge in [-0.2, -0.15) is 0 Å². The summed E-state index contributed by atoms with van der Waals surface area (Å²) < 4.78 is 0. The van der Waals surface area contributed by atoms with Gasteiger partial charge < -0.3 is 5.73 Å². The quantitative estimate of drug-likeness (QED) is 0.799. The molecule has 1 rings (SSSR count). The van der Waals surface area contributed by atoms with Crippen LogP contribution in [0.5, 0.6) is 0 Å². The van der Waals surface area contributed by atoms with E-state index in [1.807, 2.05) is 0 Å². The van der Waals surface area contributed by atoms with E-state index in [1.54, 1.807) is 0 Å². The Kier molecular flexibility index (Phi) is 4.79. The predicted octanol–water partition coefficient (Wildman–Crippen LogP) is 2.08. The van der Waals surface area contributed by atoms with Gasteiger partial charge in [-0.05, 0) is 37.1 Å². The molecule has 0 aliphatic carbocycles. The van der Waals surface area contributed by atoms with Crippen LogP contribution >= 0.6 is 0 Å². The molecular formula is C13H22N2. The fourth-order valence-electron chi connectivity index (χ4n) is 1.69. The number of hydrogen-bond acceptors (Lipinski definition) is 2. The summed E-state index contributed by atoms with van der Waals surface area (Å²) in [5, 5.41) is 0. The lowest BCUT2D eigenvalue weighted by molar-refractivity contribution is 0.288. The van der Waals surface area contributed by atoms with Gasteiger partial charge in [0.05, 0.1) is 0 Å². The van der Waals surface area contributed by atoms with E-state index in [0.717, 1.165) is 26.2 Å². The summed E-state index contributed by atoms with van der Waals surface area (Å²) in [6, 6.07) is 6.68. The fourth-order valence-corrected chi connectivity index (χ4v) is 1.69. The van der Waals surface area contributed by atoms with Crippen LogP contribution in [0.15, 0.2) is 18.2 Å². The Morgan fingerprint density at radius 3 is 2.47 bits per heavy atom. The fraction of sp³-hybridized carbons (Fsp3) is 0.538. The molecule has 2 heteroatoms. The summed E-state index contributed by atoms with van der Waals surface area (Å²) in [4.78, 5) is 2.37. The van der Waals surface area contributed by atoms with Crippen molar-refractivity contribution in [2.75, 3.05) is 19.6 Å². The molecule has 0 bridgehead atoms. The van der Waals surface area contributed by atoms with Crippen LogP contribution in [-0.4, -0.2) is 24.5 Å². The first-order chi connectivity index (χ1) is 7.17. The largest absolute Gasteiger partial charge is 0.329 e. The van der Waals surface area contributed by atoms with Crippen molar-refractivity contribution in [3.05, 3.63) is 34.9 Å². The van der Waals surface area contributed by atoms with E-state index in [0.29, 0.717) is 0 Å². The third-order valence-corrected chi connectivity index (χ3v) is 2.87. The van der Waals surface area contributed by atoms with Gasteiger partial charge in [-0.15, -0.1) is 0 Å². The predicted molar refractivity (Wildman–Crippen MR) is 65.9 cm³/mol. The molecule has 1 aromatic rings. The maximum atomic E-state index is 5.57. The highest BCUT2D eigenvalue weighted by Crippen LogP contribution is 2.11. The Morgan fingerprint density at radius 1 is 1.20 bits per heavy atom. The van der Waals surface area contributed by atoms with Gasteiger partial charge in [0.15, 0.2) is 0 Å². The maximum Gasteiger partial charge on any atom is 0.0234 e. The second-order valence-electron chi connectivity index (χ2n) is 4.08. The van der Waals surface area contributed by atoms with E-state index in [2.05, 4.69) is 43.9 Å². The Morgan fingerprint density at radius 2 is 1.93 bits per heavy atom. The normalized spacial score (nSPS) is 11.0. The van der Waals surface area contributed by atoms with Crippen LogP contribution in [-0.2, 0) is 6.54 Å². The van der Waals surface area contributed by atoms with Crippen molar-refractivity contribution in [3.8, 4) is 0 Å². The standard InChI is InChI=1S/C13H22N2/c1-4-15(8-7-14)10-13-6-5-11(2)12(3)9-13/h5-6,9H,4,7-8,10,14H2,1-3H3. The highest BCUT2D eigenvalue weighted by molar-refractivity contribution is 5.29. The number of benzene rings is 1. The molecular weight excluding hydrogens is 184 g/mol. The molecule has 15 heavy (non-hydrogen) atoms. The van der Waals surface area contributed by atoms with Crippen molar-refractivity contribution in [1.29, 1.82) is 0 Å². The molecule has 0 fully saturated rings. The molecule has 2 N–H and O–H groups in total. The molecule has 0 saturated carbocycles. The van der Waals surface area contributed by atoms with Gasteiger partial charge in [0.2, 0.25) is 0 Å². The molecule has 1 aromatic carbocycles. The van der Waals surface area contributed by atoms with Crippen LogP contribution in [0.25, 0.3) is 0 Å². The molecule has 84 valence electrons. The van der Waals surface area contributed by atoms with Gasteiger partial charge in [-0.25, -0.2) is 0 Å². The van der Waals surface area contributed by atoms with Crippen molar-refractivity contribution >= 4 is 0 Å². The zero-order valence-electron chi connectivity index (χ0n) is 10.1. The molecule has 0 atom stereocenters. The first kappa shape index (κ1) is 12.2. The highest BCUT2D eigenvalue weighted by Gasteiger charge is 2.03. The third-order valence-electron chi connectivity index (χ3n) is 2.87. The third kappa shape index (κ3) is 3.65. The molecule has 0 spiro atoms. The van der Waals surface area contributed by atoms with Crippen LogP contribution in [0, 0.1) is 13.8 Å². The Balaban J connectivity index is 2.66. The van der Waals surface area contributed by atoms with Gasteiger partial charge in [0.25, 0.3) is 0 Å². The topological polar surface area (TPSA) is 29.3 Å². The van der Waals surface area contributed by atoms with Crippen LogP contribution < -0.4 is 5.73 Å². The van der Waals surface area contributed by atoms with E-state index < -0.39 is 0 Å². The SMILES string of the molecule is CCN(CCN)Cc1ccc(C)c(C)c1. The van der Waals surface area contributed by atoms with Gasteiger partial charge in [0.1, 0.15) is 0 Å². The summed E-state index contributed by atoms with van der Waals surface area (Å²) in [6.45, 7) is 10.3. The summed E-state index contributed by atoms with van der Waals surface area (Å²) >= 11 is 0. The lowest BCUT2D eigenvalue weighted by Gasteiger charge is -2.19. The number of hydrogen-bond donors (Lipinski definition) is 1. The highest BCUT2D eigenvalue weighted by atomic mass is 15.1. The molecule has 0 aliphatic rings. The minimum atomic E-state index is 0.735. The Labute approximate surface area is 93.1 Å². The second-order valence-corrected chi connectivity index (χ2v) is 4.08. The minimum absolute atomic E-state index is 0.735. The smallest absolute Gasteiger partial charge is 0.0234 e. The van der Waals surface area contributed by atoms with Crippen LogP contribution in [0.4, 0.5) is 0 Å². The number of likely N-dealkylation sites (N-methyl/N-ethyl adjacent to an activating group) is 1. The Hall–Kier alpha value is -0.860. The van der Waals surface area contributed by atoms with Crippen LogP contribution in [0.3, 0.4) is 0 Å². The van der Waals surface area contributed by atoms with E-state index in [9.17, 15) is 0 Å². The van der Waals surface area contributed by atoms with E-state index >= 15 is 0 Å². The monoisotopic (exact) mass is 206 g/mol. The zero-order chi connectivity index (χ0) is 11.3. The summed E-state index contributed by atoms with van der Waals surface area (Å²) in [7, 11) is 0. The minimum Gasteiger partial charge on any atom is -0.329 e. The number of rotatable bonds is 5. The van der Waals surface area contributed by atoms with Crippen LogP contribution in [0.1, 0.15) is 23.6 Å². The molecule has 0 saturated heterocycles. The Bertz CT molecular complexity index is 307. The first-order valence-electron chi connectivity index (χ1n) is 5.66.